The lowest BCUT2D eigenvalue weighted by Gasteiger charge is -2.50. The standard InChI is InChI=1S/C32H58O44S9/c1-6-7-8-9-10-11-12-60-29-25(73-82(48,49)50)21(17(13(2)61-29)68-77(33,34)35)65-30-26(74-83(51,52)53)22(18(14(3)62-30)69-78(36,37)38)66-31-27(75-84(54,55)56)23(19(15(4)63-31)70-79(39,40)41)67-32-28(76-85(57,58)59)24(72-81(45,46)47)20(16(5)64-32)71-80(42,43)44/h13-32H,6-12H2,1-5H3,(H,33,34,35)(H,36,37,38)(H,39,40,41)(H,42,43,44)(H,45,46,47)(H,48,49,50)(H,51,52,53)(H,54,55,56)(H,57,58,59)/t13-,14-,15-,16-,17+,18+,19+,20+,21+,22+,23+,24+,25-,26-,27-,28-,29-,30-,31-,32-/m0/s1. The zero-order valence-electron chi connectivity index (χ0n) is 43.5. The molecule has 0 aromatic rings. The molecule has 0 unspecified atom stereocenters. The van der Waals surface area contributed by atoms with Crippen LogP contribution in [0.3, 0.4) is 0 Å². The van der Waals surface area contributed by atoms with Gasteiger partial charge in [-0.1, -0.05) is 39.0 Å². The van der Waals surface area contributed by atoms with Crippen LogP contribution in [0.25, 0.3) is 0 Å². The molecule has 0 saturated carbocycles. The summed E-state index contributed by atoms with van der Waals surface area (Å²) in [6, 6.07) is 0. The van der Waals surface area contributed by atoms with Crippen LogP contribution in [0.4, 0.5) is 0 Å². The molecule has 4 aliphatic rings. The van der Waals surface area contributed by atoms with Crippen molar-refractivity contribution >= 4 is 93.6 Å². The van der Waals surface area contributed by atoms with Crippen LogP contribution in [0.15, 0.2) is 0 Å². The maximum atomic E-state index is 12.8. The molecule has 0 aromatic carbocycles. The minimum atomic E-state index is -6.31. The van der Waals surface area contributed by atoms with Gasteiger partial charge in [0.25, 0.3) is 0 Å². The van der Waals surface area contributed by atoms with E-state index in [-0.39, 0.29) is 13.0 Å². The molecular weight excluding hydrogens is 1380 g/mol. The molecular formula is C32H58O44S9. The fourth-order valence-corrected chi connectivity index (χ4v) is 13.3. The summed E-state index contributed by atoms with van der Waals surface area (Å²) in [5.74, 6) is 0. The van der Waals surface area contributed by atoms with E-state index in [9.17, 15) is 117 Å². The van der Waals surface area contributed by atoms with E-state index >= 15 is 0 Å². The fraction of sp³-hybridized carbons (Fsp3) is 1.00. The summed E-state index contributed by atoms with van der Waals surface area (Å²) in [5, 5.41) is 0. The van der Waals surface area contributed by atoms with Gasteiger partial charge in [-0.2, -0.15) is 75.8 Å². The van der Waals surface area contributed by atoms with Gasteiger partial charge in [-0.15, -0.1) is 0 Å². The highest BCUT2D eigenvalue weighted by Crippen LogP contribution is 2.41. The summed E-state index contributed by atoms with van der Waals surface area (Å²) in [7, 11) is -54.3. The molecule has 0 amide bonds. The molecule has 9 N–H and O–H groups in total. The van der Waals surface area contributed by atoms with Gasteiger partial charge in [0.05, 0.1) is 24.4 Å². The first-order valence-corrected chi connectivity index (χ1v) is 35.7. The molecule has 4 heterocycles. The van der Waals surface area contributed by atoms with E-state index in [4.69, 9.17) is 46.3 Å². The van der Waals surface area contributed by atoms with Gasteiger partial charge in [-0.25, -0.2) is 37.6 Å². The average Bonchev–Trinajstić information content (AvgIpc) is 3.45. The summed E-state index contributed by atoms with van der Waals surface area (Å²) in [6.45, 7) is 4.52. The fourth-order valence-electron chi connectivity index (χ4n) is 8.68. The van der Waals surface area contributed by atoms with E-state index in [0.717, 1.165) is 26.2 Å². The second-order valence-corrected chi connectivity index (χ2v) is 27.6. The van der Waals surface area contributed by atoms with Crippen molar-refractivity contribution in [2.75, 3.05) is 6.61 Å². The summed E-state index contributed by atoms with van der Waals surface area (Å²) < 4.78 is 396. The third-order valence-electron chi connectivity index (χ3n) is 11.7. The molecule has 0 aromatic heterocycles. The van der Waals surface area contributed by atoms with E-state index in [1.807, 2.05) is 6.92 Å². The predicted octanol–water partition coefficient (Wildman–Crippen LogP) is -3.81. The van der Waals surface area contributed by atoms with Gasteiger partial charge in [0.1, 0.15) is 48.8 Å². The van der Waals surface area contributed by atoms with Crippen LogP contribution in [0, 0.1) is 0 Å². The first kappa shape index (κ1) is 76.0. The van der Waals surface area contributed by atoms with Crippen LogP contribution in [0.2, 0.25) is 0 Å². The van der Waals surface area contributed by atoms with Gasteiger partial charge >= 0.3 is 93.6 Å². The Bertz CT molecular complexity index is 3290. The minimum absolute atomic E-state index is 0.189. The number of hydrogen-bond acceptors (Lipinski definition) is 35. The molecule has 4 saturated heterocycles. The van der Waals surface area contributed by atoms with Crippen molar-refractivity contribution in [3.8, 4) is 0 Å². The Kier molecular flexibility index (Phi) is 26.3. The van der Waals surface area contributed by atoms with Crippen molar-refractivity contribution in [1.29, 1.82) is 0 Å². The first-order valence-electron chi connectivity index (χ1n) is 23.4. The average molecular weight is 1440 g/mol. The van der Waals surface area contributed by atoms with Crippen LogP contribution in [0.5, 0.6) is 0 Å². The second kappa shape index (κ2) is 29.4. The van der Waals surface area contributed by atoms with Crippen molar-refractivity contribution in [1.82, 2.24) is 0 Å². The molecule has 0 spiro atoms. The smallest absolute Gasteiger partial charge is 0.350 e. The maximum Gasteiger partial charge on any atom is 0.397 e. The highest BCUT2D eigenvalue weighted by Gasteiger charge is 2.61. The summed E-state index contributed by atoms with van der Waals surface area (Å²) >= 11 is 0. The predicted molar refractivity (Wildman–Crippen MR) is 259 cm³/mol. The van der Waals surface area contributed by atoms with Crippen molar-refractivity contribution in [3.63, 3.8) is 0 Å². The summed E-state index contributed by atoms with van der Waals surface area (Å²) in [6.07, 6.45) is -51.7. The minimum Gasteiger partial charge on any atom is -0.350 e. The number of hydrogen-bond donors (Lipinski definition) is 9. The van der Waals surface area contributed by atoms with Crippen LogP contribution in [-0.2, 0) is 169 Å². The van der Waals surface area contributed by atoms with Crippen molar-refractivity contribution in [2.24, 2.45) is 0 Å². The van der Waals surface area contributed by atoms with Gasteiger partial charge in [0.15, 0.2) is 49.6 Å². The number of rotatable bonds is 32. The van der Waals surface area contributed by atoms with Crippen LogP contribution < -0.4 is 0 Å². The molecule has 504 valence electrons. The van der Waals surface area contributed by atoms with Crippen molar-refractivity contribution in [2.45, 2.75) is 196 Å². The Labute approximate surface area is 485 Å². The molecule has 4 rings (SSSR count). The Morgan fingerprint density at radius 2 is 0.471 bits per heavy atom. The summed E-state index contributed by atoms with van der Waals surface area (Å²) in [4.78, 5) is 0. The third kappa shape index (κ3) is 25.6. The molecule has 0 radical (unpaired) electrons. The normalized spacial score (nSPS) is 35.4. The molecule has 4 aliphatic heterocycles. The van der Waals surface area contributed by atoms with Crippen LogP contribution >= 0.6 is 0 Å². The van der Waals surface area contributed by atoms with Crippen LogP contribution in [-0.4, -0.2) is 246 Å². The highest BCUT2D eigenvalue weighted by atomic mass is 32.3. The van der Waals surface area contributed by atoms with Gasteiger partial charge in [0.2, 0.25) is 0 Å². The van der Waals surface area contributed by atoms with E-state index < -0.39 is 216 Å². The monoisotopic (exact) mass is 1430 g/mol. The summed E-state index contributed by atoms with van der Waals surface area (Å²) in [5.41, 5.74) is 0. The Balaban J connectivity index is 2.01. The largest absolute Gasteiger partial charge is 0.397 e. The third-order valence-corrected chi connectivity index (χ3v) is 15.8. The Hall–Kier alpha value is -1.49. The Morgan fingerprint density at radius 1 is 0.271 bits per heavy atom. The molecule has 4 fully saturated rings. The SMILES string of the molecule is CCCCCCCCO[C@H]1O[C@@H](C)[C@@H](OS(=O)(=O)O)[C@@H](O[C@@H]2O[C@@H](C)[C@@H](OS(=O)(=O)O)[C@@H](O[C@@H]3O[C@@H](C)[C@@H](OS(=O)(=O)O)[C@@H](O[C@@H]4O[C@@H](C)[C@@H](OS(=O)(=O)O)[C@@H](OS(=O)(=O)O)[C@@H]4OS(=O)(=O)O)[C@@H]3OS(=O)(=O)O)[C@@H]2OS(=O)(=O)O)[C@@H]1OS(=O)(=O)O. The lowest BCUT2D eigenvalue weighted by Crippen LogP contribution is -2.68. The molecule has 0 bridgehead atoms. The second-order valence-electron chi connectivity index (χ2n) is 18.2. The molecule has 20 atom stereocenters. The topological polar surface area (TPSA) is 646 Å². The van der Waals surface area contributed by atoms with E-state index in [0.29, 0.717) is 33.6 Å². The Morgan fingerprint density at radius 3 is 0.741 bits per heavy atom. The first-order chi connectivity index (χ1) is 38.3. The van der Waals surface area contributed by atoms with E-state index in [2.05, 4.69) is 29.3 Å². The van der Waals surface area contributed by atoms with Crippen molar-refractivity contribution < 1.29 is 192 Å². The van der Waals surface area contributed by atoms with Gasteiger partial charge in [0, 0.05) is 6.61 Å². The molecule has 53 heteroatoms. The van der Waals surface area contributed by atoms with Gasteiger partial charge in [-0.3, -0.25) is 41.0 Å². The van der Waals surface area contributed by atoms with E-state index in [1.54, 1.807) is 0 Å². The quantitative estimate of drug-likeness (QED) is 0.0230. The van der Waals surface area contributed by atoms with Gasteiger partial charge in [-0.05, 0) is 34.1 Å². The lowest BCUT2D eigenvalue weighted by atomic mass is 9.96. The molecule has 0 aliphatic carbocycles. The van der Waals surface area contributed by atoms with Gasteiger partial charge < -0.3 is 37.9 Å². The maximum absolute atomic E-state index is 12.8. The molecule has 85 heavy (non-hydrogen) atoms. The number of ether oxygens (including phenoxy) is 8. The highest BCUT2D eigenvalue weighted by molar-refractivity contribution is 7.82. The van der Waals surface area contributed by atoms with Crippen LogP contribution in [0.1, 0.15) is 73.1 Å². The van der Waals surface area contributed by atoms with Crippen molar-refractivity contribution in [3.05, 3.63) is 0 Å². The zero-order valence-corrected chi connectivity index (χ0v) is 50.8. The number of unbranched alkanes of at least 4 members (excludes halogenated alkanes) is 5. The molecule has 44 nitrogen and oxygen atoms in total. The lowest BCUT2D eigenvalue weighted by molar-refractivity contribution is -0.375. The van der Waals surface area contributed by atoms with E-state index in [1.165, 1.54) is 0 Å². The zero-order chi connectivity index (χ0) is 65.0.